The average molecular weight is 703 g/mol. The monoisotopic (exact) mass is 701 g/mol. The maximum Gasteiger partial charge on any atom is 0.255 e. The van der Waals surface area contributed by atoms with Gasteiger partial charge in [0.15, 0.2) is 11.4 Å². The van der Waals surface area contributed by atoms with Gasteiger partial charge in [0.2, 0.25) is 11.7 Å². The van der Waals surface area contributed by atoms with Crippen molar-refractivity contribution in [3.05, 3.63) is 40.2 Å². The van der Waals surface area contributed by atoms with E-state index in [4.69, 9.17) is 5.73 Å². The zero-order chi connectivity index (χ0) is 30.0. The van der Waals surface area contributed by atoms with Crippen LogP contribution in [0.25, 0.3) is 5.76 Å². The van der Waals surface area contributed by atoms with Gasteiger partial charge in [-0.25, -0.2) is 0 Å². The number of primary amides is 1. The smallest absolute Gasteiger partial charge is 0.255 e. The number of halogens is 2. The first kappa shape index (κ1) is 32.7. The maximum absolute atomic E-state index is 14.0. The summed E-state index contributed by atoms with van der Waals surface area (Å²) in [5.74, 6) is -10.2. The largest absolute Gasteiger partial charge is 0.508 e. The highest BCUT2D eigenvalue weighted by Gasteiger charge is 2.68. The first-order chi connectivity index (χ1) is 18.6. The number of aromatic hydroxyl groups is 1. The lowest BCUT2D eigenvalue weighted by atomic mass is 9.54. The van der Waals surface area contributed by atoms with Gasteiger partial charge in [-0.3, -0.25) is 24.1 Å². The average Bonchev–Trinajstić information content (AvgIpc) is 2.87. The molecule has 3 aliphatic rings. The molecule has 8 N–H and O–H groups in total. The van der Waals surface area contributed by atoms with Crippen molar-refractivity contribution in [1.82, 2.24) is 4.90 Å². The molecule has 0 radical (unpaired) electrons. The van der Waals surface area contributed by atoms with Crippen molar-refractivity contribution < 1.29 is 44.7 Å². The standard InChI is InChI=1S/C27H32BrN3O9.BrH/c1-5-6-11(28)26(39)30-12-8-7-10-9(2)13-15(20(33)14(10)19(12)32)23(36)27(40)17(21(13)34)18(31(3)4)22(35)16(24(27)37)25(29)38;/h7-9,11,13,17-18,21,32-34,37,40H,5-6H2,1-4H3,(H2,29,38)(H,30,39);1H/t9?,11?,13?,17?,18-,21?,27?;/m0./s1. The first-order valence-corrected chi connectivity index (χ1v) is 13.7. The van der Waals surface area contributed by atoms with E-state index >= 15 is 0 Å². The lowest BCUT2D eigenvalue weighted by molar-refractivity contribution is -0.169. The third-order valence-corrected chi connectivity index (χ3v) is 9.09. The number of nitrogens with one attached hydrogen (secondary N) is 1. The number of nitrogens with zero attached hydrogens (tertiary/aromatic N) is 1. The van der Waals surface area contributed by atoms with Crippen molar-refractivity contribution in [2.24, 2.45) is 17.6 Å². The molecule has 1 saturated carbocycles. The number of carbonyl (C=O) groups excluding carboxylic acids is 4. The van der Waals surface area contributed by atoms with Gasteiger partial charge in [-0.2, -0.15) is 0 Å². The van der Waals surface area contributed by atoms with Crippen molar-refractivity contribution in [1.29, 1.82) is 0 Å². The number of aliphatic hydroxyl groups is 4. The summed E-state index contributed by atoms with van der Waals surface area (Å²) < 4.78 is 0. The number of nitrogens with two attached hydrogens (primary N) is 1. The number of phenolic OH excluding ortho intramolecular Hbond substituents is 1. The second kappa shape index (κ2) is 11.5. The van der Waals surface area contributed by atoms with E-state index in [1.165, 1.54) is 31.1 Å². The fourth-order valence-corrected chi connectivity index (χ4v) is 6.89. The number of alkyl halides is 1. The Morgan fingerprint density at radius 2 is 1.80 bits per heavy atom. The number of ketones is 2. The van der Waals surface area contributed by atoms with Gasteiger partial charge in [0.05, 0.1) is 34.1 Å². The fraction of sp³-hybridized carbons (Fsp3) is 0.481. The first-order valence-electron chi connectivity index (χ1n) is 12.8. The number of fused-ring (bicyclic) bond motifs is 3. The van der Waals surface area contributed by atoms with Crippen LogP contribution in [0.1, 0.15) is 43.7 Å². The van der Waals surface area contributed by atoms with Gasteiger partial charge in [0.25, 0.3) is 5.91 Å². The summed E-state index contributed by atoms with van der Waals surface area (Å²) in [5.41, 5.74) is 0.937. The Balaban J connectivity index is 0.00000462. The molecule has 3 aliphatic carbocycles. The van der Waals surface area contributed by atoms with Crippen LogP contribution in [0.15, 0.2) is 29.0 Å². The van der Waals surface area contributed by atoms with Gasteiger partial charge in [0.1, 0.15) is 22.8 Å². The van der Waals surface area contributed by atoms with Gasteiger partial charge < -0.3 is 36.6 Å². The minimum absolute atomic E-state index is 0. The van der Waals surface area contributed by atoms with Crippen LogP contribution in [0.3, 0.4) is 0 Å². The van der Waals surface area contributed by atoms with Crippen molar-refractivity contribution in [2.75, 3.05) is 19.4 Å². The van der Waals surface area contributed by atoms with Crippen molar-refractivity contribution in [3.8, 4) is 5.75 Å². The SMILES string of the molecule is Br.CCCC(Br)C(=O)Nc1ccc2c(c1O)C(O)=C1C(=O)C3(O)C(O)=C(C(N)=O)C(=O)[C@@H](N(C)C)C3C(O)C1C2C. The number of benzene rings is 1. The van der Waals surface area contributed by atoms with Crippen LogP contribution < -0.4 is 11.1 Å². The molecule has 1 fully saturated rings. The van der Waals surface area contributed by atoms with Crippen LogP contribution in [0, 0.1) is 11.8 Å². The number of Topliss-reactive ketones (excluding diaryl/α,β-unsaturated/α-hetero) is 2. The molecule has 1 aromatic rings. The maximum atomic E-state index is 14.0. The molecule has 4 rings (SSSR count). The zero-order valence-electron chi connectivity index (χ0n) is 22.7. The summed E-state index contributed by atoms with van der Waals surface area (Å²) in [6, 6.07) is 1.54. The number of hydrogen-bond acceptors (Lipinski definition) is 10. The van der Waals surface area contributed by atoms with Gasteiger partial charge >= 0.3 is 0 Å². The molecule has 2 amide bonds. The van der Waals surface area contributed by atoms with E-state index in [9.17, 15) is 44.7 Å². The highest BCUT2D eigenvalue weighted by atomic mass is 79.9. The number of carbonyl (C=O) groups is 4. The molecule has 6 unspecified atom stereocenters. The second-order valence-electron chi connectivity index (χ2n) is 10.7. The van der Waals surface area contributed by atoms with Crippen LogP contribution in [0.2, 0.25) is 0 Å². The van der Waals surface area contributed by atoms with E-state index in [2.05, 4.69) is 21.2 Å². The summed E-state index contributed by atoms with van der Waals surface area (Å²) in [6.07, 6.45) is -0.433. The molecule has 224 valence electrons. The van der Waals surface area contributed by atoms with E-state index in [0.29, 0.717) is 12.0 Å². The van der Waals surface area contributed by atoms with Gasteiger partial charge in [-0.15, -0.1) is 17.0 Å². The van der Waals surface area contributed by atoms with E-state index in [1.807, 2.05) is 6.92 Å². The number of aliphatic hydroxyl groups excluding tert-OH is 3. The fourth-order valence-electron chi connectivity index (χ4n) is 6.31. The molecule has 12 nitrogen and oxygen atoms in total. The summed E-state index contributed by atoms with van der Waals surface area (Å²) in [5, 5.41) is 59.3. The van der Waals surface area contributed by atoms with Crippen LogP contribution in [-0.4, -0.2) is 90.5 Å². The summed E-state index contributed by atoms with van der Waals surface area (Å²) in [4.78, 5) is 52.6. The molecular formula is C27H33Br2N3O9. The minimum Gasteiger partial charge on any atom is -0.508 e. The third-order valence-electron chi connectivity index (χ3n) is 8.21. The zero-order valence-corrected chi connectivity index (χ0v) is 26.0. The number of amides is 2. The van der Waals surface area contributed by atoms with E-state index in [0.717, 1.165) is 6.42 Å². The van der Waals surface area contributed by atoms with Gasteiger partial charge in [0, 0.05) is 11.5 Å². The molecule has 0 spiro atoms. The van der Waals surface area contributed by atoms with Crippen LogP contribution in [0.5, 0.6) is 5.75 Å². The highest BCUT2D eigenvalue weighted by Crippen LogP contribution is 2.56. The lowest BCUT2D eigenvalue weighted by Crippen LogP contribution is -2.70. The number of anilines is 1. The Morgan fingerprint density at radius 3 is 2.34 bits per heavy atom. The molecule has 7 atom stereocenters. The Labute approximate surface area is 254 Å². The highest BCUT2D eigenvalue weighted by molar-refractivity contribution is 9.10. The molecule has 41 heavy (non-hydrogen) atoms. The Bertz CT molecular complexity index is 1390. The predicted octanol–water partition coefficient (Wildman–Crippen LogP) is 1.58. The Morgan fingerprint density at radius 1 is 1.20 bits per heavy atom. The van der Waals surface area contributed by atoms with E-state index in [1.54, 1.807) is 6.92 Å². The Hall–Kier alpha value is -2.78. The number of likely N-dealkylation sites (N-methyl/N-ethyl adjacent to an activating group) is 1. The predicted molar refractivity (Wildman–Crippen MR) is 157 cm³/mol. The molecule has 1 aromatic carbocycles. The topological polar surface area (TPSA) is 211 Å². The van der Waals surface area contributed by atoms with Crippen molar-refractivity contribution >= 4 is 67.7 Å². The van der Waals surface area contributed by atoms with E-state index in [-0.39, 0.29) is 28.2 Å². The molecular weight excluding hydrogens is 670 g/mol. The molecule has 0 heterocycles. The molecule has 0 bridgehead atoms. The molecule has 0 aliphatic heterocycles. The van der Waals surface area contributed by atoms with Gasteiger partial charge in [-0.1, -0.05) is 42.3 Å². The normalized spacial score (nSPS) is 29.8. The lowest BCUT2D eigenvalue weighted by Gasteiger charge is -2.53. The van der Waals surface area contributed by atoms with Crippen molar-refractivity contribution in [3.63, 3.8) is 0 Å². The molecule has 0 saturated heterocycles. The van der Waals surface area contributed by atoms with E-state index < -0.39 is 92.1 Å². The van der Waals surface area contributed by atoms with Crippen molar-refractivity contribution in [2.45, 2.75) is 55.2 Å². The Kier molecular flexibility index (Phi) is 9.16. The minimum atomic E-state index is -2.99. The van der Waals surface area contributed by atoms with Crippen LogP contribution in [0.4, 0.5) is 5.69 Å². The number of rotatable bonds is 6. The third kappa shape index (κ3) is 4.69. The summed E-state index contributed by atoms with van der Waals surface area (Å²) in [6.45, 7) is 3.53. The molecule has 14 heteroatoms. The molecule has 0 aromatic heterocycles. The van der Waals surface area contributed by atoms with Gasteiger partial charge in [-0.05, 0) is 38.1 Å². The number of hydrogen-bond donors (Lipinski definition) is 7. The van der Waals surface area contributed by atoms with Crippen LogP contribution in [-0.2, 0) is 19.2 Å². The van der Waals surface area contributed by atoms with Crippen LogP contribution >= 0.6 is 32.9 Å². The quantitative estimate of drug-likeness (QED) is 0.129. The second-order valence-corrected chi connectivity index (χ2v) is 11.8. The summed E-state index contributed by atoms with van der Waals surface area (Å²) >= 11 is 3.28. The summed E-state index contributed by atoms with van der Waals surface area (Å²) in [7, 11) is 2.88. The number of phenols is 1.